The minimum atomic E-state index is -1.06. The van der Waals surface area contributed by atoms with Crippen LogP contribution in [0.15, 0.2) is 48.7 Å². The molecule has 1 heterocycles. The van der Waals surface area contributed by atoms with Gasteiger partial charge in [0.1, 0.15) is 5.69 Å². The van der Waals surface area contributed by atoms with Crippen molar-refractivity contribution < 1.29 is 9.90 Å². The second kappa shape index (κ2) is 6.34. The van der Waals surface area contributed by atoms with Crippen LogP contribution >= 0.6 is 0 Å². The van der Waals surface area contributed by atoms with E-state index in [-0.39, 0.29) is 5.69 Å². The summed E-state index contributed by atoms with van der Waals surface area (Å²) in [5.74, 6) is -1.06. The van der Waals surface area contributed by atoms with Crippen LogP contribution in [0.5, 0.6) is 0 Å². The van der Waals surface area contributed by atoms with Gasteiger partial charge in [-0.15, -0.1) is 0 Å². The molecule has 1 aromatic carbocycles. The summed E-state index contributed by atoms with van der Waals surface area (Å²) in [6.45, 7) is 0.522. The van der Waals surface area contributed by atoms with E-state index in [4.69, 9.17) is 10.4 Å². The van der Waals surface area contributed by atoms with Crippen molar-refractivity contribution in [1.29, 1.82) is 5.26 Å². The topological polar surface area (TPSA) is 77.2 Å². The van der Waals surface area contributed by atoms with Crippen molar-refractivity contribution in [3.63, 3.8) is 0 Å². The fourth-order valence-corrected chi connectivity index (χ4v) is 1.85. The first-order chi connectivity index (χ1) is 9.72. The van der Waals surface area contributed by atoms with Crippen LogP contribution in [0.25, 0.3) is 0 Å². The lowest BCUT2D eigenvalue weighted by molar-refractivity contribution is 0.0690. The van der Waals surface area contributed by atoms with Gasteiger partial charge in [-0.2, -0.15) is 5.26 Å². The van der Waals surface area contributed by atoms with Crippen molar-refractivity contribution in [2.45, 2.75) is 6.42 Å². The highest BCUT2D eigenvalue weighted by Gasteiger charge is 2.11. The number of nitrogens with zero attached hydrogens (tertiary/aromatic N) is 3. The third-order valence-electron chi connectivity index (χ3n) is 2.79. The zero-order valence-electron chi connectivity index (χ0n) is 10.7. The van der Waals surface area contributed by atoms with E-state index in [1.807, 2.05) is 35.2 Å². The molecule has 0 spiro atoms. The Kier molecular flexibility index (Phi) is 4.30. The molecule has 0 amide bonds. The number of para-hydroxylation sites is 1. The van der Waals surface area contributed by atoms with Gasteiger partial charge in [0.25, 0.3) is 0 Å². The van der Waals surface area contributed by atoms with E-state index in [0.29, 0.717) is 13.0 Å². The summed E-state index contributed by atoms with van der Waals surface area (Å²) in [5.41, 5.74) is 1.70. The highest BCUT2D eigenvalue weighted by molar-refractivity contribution is 5.85. The Morgan fingerprint density at radius 3 is 2.50 bits per heavy atom. The first-order valence-corrected chi connectivity index (χ1v) is 6.11. The fourth-order valence-electron chi connectivity index (χ4n) is 1.85. The van der Waals surface area contributed by atoms with Crippen LogP contribution in [-0.2, 0) is 0 Å². The predicted molar refractivity (Wildman–Crippen MR) is 74.9 cm³/mol. The summed E-state index contributed by atoms with van der Waals surface area (Å²) >= 11 is 0. The van der Waals surface area contributed by atoms with Crippen molar-refractivity contribution in [3.05, 3.63) is 54.4 Å². The van der Waals surface area contributed by atoms with E-state index >= 15 is 0 Å². The standard InChI is InChI=1S/C15H13N3O2/c16-9-4-10-18(12-5-2-1-3-6-12)13-7-8-14(15(19)20)17-11-13/h1-3,5-8,11H,4,10H2,(H,19,20). The molecular weight excluding hydrogens is 254 g/mol. The largest absolute Gasteiger partial charge is 0.477 e. The van der Waals surface area contributed by atoms with Crippen molar-refractivity contribution >= 4 is 17.3 Å². The zero-order chi connectivity index (χ0) is 14.4. The molecule has 1 N–H and O–H groups in total. The number of hydrogen-bond acceptors (Lipinski definition) is 4. The van der Waals surface area contributed by atoms with Crippen molar-refractivity contribution in [2.24, 2.45) is 0 Å². The molecule has 0 unspecified atom stereocenters. The number of carbonyl (C=O) groups is 1. The van der Waals surface area contributed by atoms with E-state index in [0.717, 1.165) is 11.4 Å². The summed E-state index contributed by atoms with van der Waals surface area (Å²) in [5, 5.41) is 17.6. The van der Waals surface area contributed by atoms with Crippen LogP contribution in [-0.4, -0.2) is 22.6 Å². The molecule has 0 aliphatic rings. The van der Waals surface area contributed by atoms with Gasteiger partial charge in [-0.3, -0.25) is 0 Å². The SMILES string of the molecule is N#CCCN(c1ccccc1)c1ccc(C(=O)O)nc1. The lowest BCUT2D eigenvalue weighted by Gasteiger charge is -2.23. The number of carboxylic acids is 1. The van der Waals surface area contributed by atoms with Crippen molar-refractivity contribution in [2.75, 3.05) is 11.4 Å². The van der Waals surface area contributed by atoms with Crippen LogP contribution in [0, 0.1) is 11.3 Å². The van der Waals surface area contributed by atoms with Gasteiger partial charge in [-0.1, -0.05) is 18.2 Å². The third-order valence-corrected chi connectivity index (χ3v) is 2.79. The maximum Gasteiger partial charge on any atom is 0.354 e. The highest BCUT2D eigenvalue weighted by atomic mass is 16.4. The van der Waals surface area contributed by atoms with Crippen LogP contribution in [0.4, 0.5) is 11.4 Å². The fraction of sp³-hybridized carbons (Fsp3) is 0.133. The molecule has 1 aromatic heterocycles. The predicted octanol–water partition coefficient (Wildman–Crippen LogP) is 2.83. The van der Waals surface area contributed by atoms with Gasteiger partial charge >= 0.3 is 5.97 Å². The molecule has 5 heteroatoms. The number of nitriles is 1. The number of aromatic carboxylic acids is 1. The van der Waals surface area contributed by atoms with Gasteiger partial charge in [-0.05, 0) is 24.3 Å². The smallest absolute Gasteiger partial charge is 0.354 e. The first kappa shape index (κ1) is 13.6. The number of carboxylic acid groups (broad SMARTS) is 1. The molecule has 5 nitrogen and oxygen atoms in total. The van der Waals surface area contributed by atoms with Gasteiger partial charge < -0.3 is 10.0 Å². The normalized spacial score (nSPS) is 9.75. The van der Waals surface area contributed by atoms with E-state index < -0.39 is 5.97 Å². The Labute approximate surface area is 116 Å². The van der Waals surface area contributed by atoms with E-state index in [1.165, 1.54) is 12.3 Å². The first-order valence-electron chi connectivity index (χ1n) is 6.11. The van der Waals surface area contributed by atoms with Crippen molar-refractivity contribution in [3.8, 4) is 6.07 Å². The molecule has 0 aliphatic carbocycles. The van der Waals surface area contributed by atoms with Gasteiger partial charge in [0, 0.05) is 12.2 Å². The number of aromatic nitrogens is 1. The number of rotatable bonds is 5. The molecule has 2 aromatic rings. The molecule has 0 radical (unpaired) electrons. The minimum Gasteiger partial charge on any atom is -0.477 e. The Hall–Kier alpha value is -2.87. The second-order valence-corrected chi connectivity index (χ2v) is 4.10. The average molecular weight is 267 g/mol. The summed E-state index contributed by atoms with van der Waals surface area (Å²) < 4.78 is 0. The maximum atomic E-state index is 10.8. The molecule has 0 atom stereocenters. The Morgan fingerprint density at radius 2 is 1.95 bits per heavy atom. The Morgan fingerprint density at radius 1 is 1.20 bits per heavy atom. The van der Waals surface area contributed by atoms with E-state index in [9.17, 15) is 4.79 Å². The Bertz CT molecular complexity index is 618. The van der Waals surface area contributed by atoms with Gasteiger partial charge in [0.15, 0.2) is 0 Å². The molecule has 0 saturated carbocycles. The minimum absolute atomic E-state index is 0.00189. The van der Waals surface area contributed by atoms with Gasteiger partial charge in [0.05, 0.1) is 24.4 Å². The maximum absolute atomic E-state index is 10.8. The average Bonchev–Trinajstić information content (AvgIpc) is 2.49. The number of anilines is 2. The van der Waals surface area contributed by atoms with E-state index in [2.05, 4.69) is 11.1 Å². The molecule has 0 aliphatic heterocycles. The van der Waals surface area contributed by atoms with Gasteiger partial charge in [0.2, 0.25) is 0 Å². The highest BCUT2D eigenvalue weighted by Crippen LogP contribution is 2.24. The lowest BCUT2D eigenvalue weighted by Crippen LogP contribution is -2.18. The van der Waals surface area contributed by atoms with Crippen LogP contribution in [0.2, 0.25) is 0 Å². The molecule has 20 heavy (non-hydrogen) atoms. The summed E-state index contributed by atoms with van der Waals surface area (Å²) in [6.07, 6.45) is 1.88. The summed E-state index contributed by atoms with van der Waals surface area (Å²) in [7, 11) is 0. The van der Waals surface area contributed by atoms with Crippen LogP contribution in [0.3, 0.4) is 0 Å². The number of hydrogen-bond donors (Lipinski definition) is 1. The number of pyridine rings is 1. The number of benzene rings is 1. The molecule has 0 fully saturated rings. The summed E-state index contributed by atoms with van der Waals surface area (Å²) in [4.78, 5) is 16.6. The van der Waals surface area contributed by atoms with Crippen LogP contribution in [0.1, 0.15) is 16.9 Å². The van der Waals surface area contributed by atoms with Gasteiger partial charge in [-0.25, -0.2) is 9.78 Å². The molecule has 2 rings (SSSR count). The molecule has 100 valence electrons. The monoisotopic (exact) mass is 267 g/mol. The van der Waals surface area contributed by atoms with Crippen LogP contribution < -0.4 is 4.90 Å². The second-order valence-electron chi connectivity index (χ2n) is 4.10. The summed E-state index contributed by atoms with van der Waals surface area (Å²) in [6, 6.07) is 14.9. The third kappa shape index (κ3) is 3.12. The van der Waals surface area contributed by atoms with E-state index in [1.54, 1.807) is 6.07 Å². The zero-order valence-corrected chi connectivity index (χ0v) is 10.7. The van der Waals surface area contributed by atoms with Crippen molar-refractivity contribution in [1.82, 2.24) is 4.98 Å². The molecular formula is C15H13N3O2. The molecule has 0 bridgehead atoms. The quantitative estimate of drug-likeness (QED) is 0.901. The molecule has 0 saturated heterocycles. The Balaban J connectivity index is 2.31. The lowest BCUT2D eigenvalue weighted by atomic mass is 10.2.